The average molecular weight is 351 g/mol. The summed E-state index contributed by atoms with van der Waals surface area (Å²) < 4.78 is 18.3. The summed E-state index contributed by atoms with van der Waals surface area (Å²) in [5.41, 5.74) is -2.21. The lowest BCUT2D eigenvalue weighted by Gasteiger charge is -2.35. The second kappa shape index (κ2) is 6.82. The van der Waals surface area contributed by atoms with Crippen LogP contribution in [0.1, 0.15) is 50.4 Å². The van der Waals surface area contributed by atoms with Crippen LogP contribution in [0.5, 0.6) is 0 Å². The van der Waals surface area contributed by atoms with Gasteiger partial charge in [0.15, 0.2) is 11.3 Å². The smallest absolute Gasteiger partial charge is 0.411 e. The first kappa shape index (κ1) is 18.9. The van der Waals surface area contributed by atoms with Crippen molar-refractivity contribution in [1.29, 1.82) is 0 Å². The maximum atomic E-state index is 13.0. The summed E-state index contributed by atoms with van der Waals surface area (Å²) in [4.78, 5) is 38.0. The summed E-state index contributed by atoms with van der Waals surface area (Å²) in [5.74, 6) is -2.19. The third-order valence-corrected chi connectivity index (χ3v) is 4.12. The van der Waals surface area contributed by atoms with Crippen molar-refractivity contribution in [2.24, 2.45) is 0 Å². The van der Waals surface area contributed by atoms with E-state index in [4.69, 9.17) is 4.74 Å². The molecule has 1 amide bonds. The number of ether oxygens (including phenoxy) is 1. The topological polar surface area (TPSA) is 83.9 Å². The Balaban J connectivity index is 2.27. The first-order chi connectivity index (χ1) is 11.5. The van der Waals surface area contributed by atoms with Crippen LogP contribution >= 0.6 is 0 Å². The maximum absolute atomic E-state index is 13.0. The third kappa shape index (κ3) is 4.15. The number of carbonyl (C=O) groups is 3. The predicted octanol–water partition coefficient (Wildman–Crippen LogP) is 3.25. The van der Waals surface area contributed by atoms with Crippen LogP contribution in [0.3, 0.4) is 0 Å². The van der Waals surface area contributed by atoms with E-state index >= 15 is 0 Å². The highest BCUT2D eigenvalue weighted by molar-refractivity contribution is 6.01. The van der Waals surface area contributed by atoms with Gasteiger partial charge >= 0.3 is 12.1 Å². The highest BCUT2D eigenvalue weighted by atomic mass is 19.1. The normalized spacial score (nSPS) is 20.4. The number of ketones is 1. The molecule has 1 aromatic carbocycles. The number of halogens is 1. The largest absolute Gasteiger partial charge is 0.479 e. The summed E-state index contributed by atoms with van der Waals surface area (Å²) in [6, 6.07) is 4.89. The first-order valence-electron chi connectivity index (χ1n) is 8.08. The Labute approximate surface area is 145 Å². The van der Waals surface area contributed by atoms with Gasteiger partial charge < -0.3 is 9.84 Å². The maximum Gasteiger partial charge on any atom is 0.411 e. The van der Waals surface area contributed by atoms with Gasteiger partial charge in [-0.15, -0.1) is 0 Å². The van der Waals surface area contributed by atoms with E-state index in [2.05, 4.69) is 0 Å². The predicted molar refractivity (Wildman–Crippen MR) is 87.9 cm³/mol. The van der Waals surface area contributed by atoms with E-state index in [1.54, 1.807) is 20.8 Å². The van der Waals surface area contributed by atoms with Crippen molar-refractivity contribution in [3.63, 3.8) is 0 Å². The van der Waals surface area contributed by atoms with Crippen LogP contribution in [0.25, 0.3) is 0 Å². The minimum absolute atomic E-state index is 0.161. The molecular formula is C18H22FNO5. The highest BCUT2D eigenvalue weighted by Crippen LogP contribution is 2.35. The van der Waals surface area contributed by atoms with Crippen LogP contribution in [0.15, 0.2) is 24.3 Å². The molecule has 6 nitrogen and oxygen atoms in total. The number of carbonyl (C=O) groups excluding carboxylic acids is 2. The van der Waals surface area contributed by atoms with Crippen LogP contribution in [0.4, 0.5) is 9.18 Å². The number of Topliss-reactive ketones (excluding diaryl/α,β-unsaturated/α-hetero) is 1. The number of hydrogen-bond acceptors (Lipinski definition) is 4. The van der Waals surface area contributed by atoms with Crippen molar-refractivity contribution in [3.8, 4) is 0 Å². The van der Waals surface area contributed by atoms with Gasteiger partial charge in [0.1, 0.15) is 11.4 Å². The van der Waals surface area contributed by atoms with Gasteiger partial charge in [-0.3, -0.25) is 9.69 Å². The Morgan fingerprint density at radius 1 is 1.24 bits per heavy atom. The highest BCUT2D eigenvalue weighted by Gasteiger charge is 2.52. The standard InChI is InChI=1S/C18H22FNO5/c1-17(2,3)25-16(24)20-10-4-9-18(20,15(22)23)11-14(21)12-5-7-13(19)8-6-12/h5-8H,4,9-11H2,1-3H3,(H,22,23)/t18-/m0/s1. The van der Waals surface area contributed by atoms with E-state index in [0.717, 1.165) is 17.0 Å². The van der Waals surface area contributed by atoms with Gasteiger partial charge in [0.25, 0.3) is 0 Å². The van der Waals surface area contributed by atoms with Crippen molar-refractivity contribution in [3.05, 3.63) is 35.6 Å². The monoisotopic (exact) mass is 351 g/mol. The molecule has 0 unspecified atom stereocenters. The van der Waals surface area contributed by atoms with Gasteiger partial charge in [-0.05, 0) is 57.9 Å². The van der Waals surface area contributed by atoms with Crippen molar-refractivity contribution >= 4 is 17.8 Å². The molecule has 1 saturated heterocycles. The summed E-state index contributed by atoms with van der Waals surface area (Å²) in [6.45, 7) is 5.27. The van der Waals surface area contributed by atoms with Gasteiger partial charge in [0.05, 0.1) is 0 Å². The molecule has 2 rings (SSSR count). The van der Waals surface area contributed by atoms with Gasteiger partial charge in [0, 0.05) is 18.5 Å². The van der Waals surface area contributed by atoms with Crippen molar-refractivity contribution < 1.29 is 28.6 Å². The molecule has 1 atom stereocenters. The molecule has 0 saturated carbocycles. The number of amides is 1. The second-order valence-corrected chi connectivity index (χ2v) is 7.18. The van der Waals surface area contributed by atoms with E-state index in [1.807, 2.05) is 0 Å². The SMILES string of the molecule is CC(C)(C)OC(=O)N1CCC[C@]1(CC(=O)c1ccc(F)cc1)C(=O)O. The van der Waals surface area contributed by atoms with Gasteiger partial charge in [-0.1, -0.05) is 0 Å². The molecule has 0 aliphatic carbocycles. The van der Waals surface area contributed by atoms with E-state index in [-0.39, 0.29) is 24.9 Å². The number of nitrogens with zero attached hydrogens (tertiary/aromatic N) is 1. The van der Waals surface area contributed by atoms with Crippen LogP contribution in [0.2, 0.25) is 0 Å². The Bertz CT molecular complexity index is 680. The van der Waals surface area contributed by atoms with E-state index < -0.39 is 34.8 Å². The van der Waals surface area contributed by atoms with E-state index in [1.165, 1.54) is 12.1 Å². The van der Waals surface area contributed by atoms with Crippen LogP contribution in [0, 0.1) is 5.82 Å². The Morgan fingerprint density at radius 2 is 1.84 bits per heavy atom. The summed E-state index contributed by atoms with van der Waals surface area (Å²) >= 11 is 0. The Morgan fingerprint density at radius 3 is 2.36 bits per heavy atom. The summed E-state index contributed by atoms with van der Waals surface area (Å²) in [5, 5.41) is 9.76. The van der Waals surface area contributed by atoms with Crippen LogP contribution < -0.4 is 0 Å². The fraction of sp³-hybridized carbons (Fsp3) is 0.500. The molecule has 1 fully saturated rings. The second-order valence-electron chi connectivity index (χ2n) is 7.18. The number of rotatable bonds is 4. The molecular weight excluding hydrogens is 329 g/mol. The zero-order valence-corrected chi connectivity index (χ0v) is 14.5. The zero-order chi connectivity index (χ0) is 18.8. The minimum atomic E-state index is -1.65. The molecule has 0 spiro atoms. The van der Waals surface area contributed by atoms with E-state index in [9.17, 15) is 23.9 Å². The lowest BCUT2D eigenvalue weighted by Crippen LogP contribution is -2.55. The molecule has 1 heterocycles. The molecule has 0 aromatic heterocycles. The molecule has 0 bridgehead atoms. The number of benzene rings is 1. The van der Waals surface area contributed by atoms with Crippen molar-refractivity contribution in [2.45, 2.75) is 51.2 Å². The van der Waals surface area contributed by atoms with Gasteiger partial charge in [0.2, 0.25) is 0 Å². The van der Waals surface area contributed by atoms with Gasteiger partial charge in [-0.2, -0.15) is 0 Å². The quantitative estimate of drug-likeness (QED) is 0.842. The summed E-state index contributed by atoms with van der Waals surface area (Å²) in [7, 11) is 0. The van der Waals surface area contributed by atoms with E-state index in [0.29, 0.717) is 6.42 Å². The average Bonchev–Trinajstić information content (AvgIpc) is 2.91. The lowest BCUT2D eigenvalue weighted by atomic mass is 9.88. The summed E-state index contributed by atoms with van der Waals surface area (Å²) in [6.07, 6.45) is -0.511. The number of hydrogen-bond donors (Lipinski definition) is 1. The van der Waals surface area contributed by atoms with Crippen molar-refractivity contribution in [2.75, 3.05) is 6.54 Å². The fourth-order valence-electron chi connectivity index (χ4n) is 2.95. The number of carboxylic acids is 1. The molecule has 25 heavy (non-hydrogen) atoms. The Kier molecular flexibility index (Phi) is 5.15. The first-order valence-corrected chi connectivity index (χ1v) is 8.08. The fourth-order valence-corrected chi connectivity index (χ4v) is 2.95. The molecule has 7 heteroatoms. The Hall–Kier alpha value is -2.44. The molecule has 1 aliphatic heterocycles. The van der Waals surface area contributed by atoms with Crippen LogP contribution in [-0.2, 0) is 9.53 Å². The van der Waals surface area contributed by atoms with Crippen molar-refractivity contribution in [1.82, 2.24) is 4.90 Å². The minimum Gasteiger partial charge on any atom is -0.479 e. The molecule has 0 radical (unpaired) electrons. The van der Waals surface area contributed by atoms with Gasteiger partial charge in [-0.25, -0.2) is 14.0 Å². The lowest BCUT2D eigenvalue weighted by molar-refractivity contribution is -0.149. The number of aliphatic carboxylic acids is 1. The molecule has 1 N–H and O–H groups in total. The van der Waals surface area contributed by atoms with Crippen LogP contribution in [-0.4, -0.2) is 45.5 Å². The number of carboxylic acid groups (broad SMARTS) is 1. The molecule has 1 aliphatic rings. The molecule has 136 valence electrons. The number of likely N-dealkylation sites (tertiary alicyclic amines) is 1. The third-order valence-electron chi connectivity index (χ3n) is 4.12. The molecule has 1 aromatic rings. The zero-order valence-electron chi connectivity index (χ0n) is 14.5.